The molecule has 1 aromatic carbocycles. The van der Waals surface area contributed by atoms with Crippen molar-refractivity contribution >= 4 is 23.3 Å². The first-order chi connectivity index (χ1) is 11.0. The van der Waals surface area contributed by atoms with Crippen LogP contribution in [0, 0.1) is 0 Å². The molecule has 0 bridgehead atoms. The Morgan fingerprint density at radius 1 is 1.04 bits per heavy atom. The Morgan fingerprint density at radius 3 is 2.26 bits per heavy atom. The van der Waals surface area contributed by atoms with E-state index in [1.165, 1.54) is 18.7 Å². The van der Waals surface area contributed by atoms with Gasteiger partial charge < -0.3 is 9.80 Å². The molecule has 0 spiro atoms. The lowest BCUT2D eigenvalue weighted by Crippen LogP contribution is -2.42. The number of hydrogen-bond acceptors (Lipinski definition) is 3. The third-order valence-electron chi connectivity index (χ3n) is 4.20. The van der Waals surface area contributed by atoms with E-state index in [0.717, 1.165) is 38.8 Å². The van der Waals surface area contributed by atoms with Gasteiger partial charge in [0.05, 0.1) is 0 Å². The van der Waals surface area contributed by atoms with Gasteiger partial charge in [-0.2, -0.15) is 0 Å². The predicted octanol–water partition coefficient (Wildman–Crippen LogP) is 2.64. The first-order valence-corrected chi connectivity index (χ1v) is 8.16. The first-order valence-electron chi connectivity index (χ1n) is 8.16. The van der Waals surface area contributed by atoms with Crippen molar-refractivity contribution in [3.8, 4) is 0 Å². The van der Waals surface area contributed by atoms with Crippen LogP contribution in [-0.2, 0) is 9.59 Å². The third-order valence-corrected chi connectivity index (χ3v) is 4.20. The molecule has 1 heterocycles. The lowest BCUT2D eigenvalue weighted by atomic mass is 10.1. The molecule has 1 saturated heterocycles. The third kappa shape index (κ3) is 4.65. The Balaban J connectivity index is 2.15. The summed E-state index contributed by atoms with van der Waals surface area (Å²) in [6.45, 7) is 4.47. The molecule has 0 unspecified atom stereocenters. The molecule has 1 aliphatic heterocycles. The molecule has 124 valence electrons. The maximum atomic E-state index is 12.5. The Morgan fingerprint density at radius 2 is 1.70 bits per heavy atom. The van der Waals surface area contributed by atoms with E-state index in [9.17, 15) is 14.4 Å². The fourth-order valence-electron chi connectivity index (χ4n) is 2.83. The molecule has 0 aromatic heterocycles. The zero-order chi connectivity index (χ0) is 16.8. The van der Waals surface area contributed by atoms with Gasteiger partial charge in [-0.05, 0) is 31.9 Å². The van der Waals surface area contributed by atoms with Gasteiger partial charge in [0.1, 0.15) is 6.54 Å². The van der Waals surface area contributed by atoms with Gasteiger partial charge in [0, 0.05) is 31.3 Å². The Labute approximate surface area is 137 Å². The SMILES string of the molecule is CC(=O)c1cccc(N(CC(=O)N2CCCCCC2)C(C)=O)c1. The number of amides is 2. The smallest absolute Gasteiger partial charge is 0.242 e. The van der Waals surface area contributed by atoms with Crippen LogP contribution in [0.4, 0.5) is 5.69 Å². The summed E-state index contributed by atoms with van der Waals surface area (Å²) >= 11 is 0. The van der Waals surface area contributed by atoms with Gasteiger partial charge >= 0.3 is 0 Å². The topological polar surface area (TPSA) is 57.7 Å². The number of ketones is 1. The van der Waals surface area contributed by atoms with Crippen LogP contribution in [0.15, 0.2) is 24.3 Å². The van der Waals surface area contributed by atoms with Crippen molar-refractivity contribution in [1.29, 1.82) is 0 Å². The van der Waals surface area contributed by atoms with Crippen LogP contribution in [0.3, 0.4) is 0 Å². The second kappa shape index (κ2) is 7.90. The highest BCUT2D eigenvalue weighted by Crippen LogP contribution is 2.18. The summed E-state index contributed by atoms with van der Waals surface area (Å²) in [6.07, 6.45) is 4.35. The zero-order valence-corrected chi connectivity index (χ0v) is 13.9. The van der Waals surface area contributed by atoms with E-state index < -0.39 is 0 Å². The van der Waals surface area contributed by atoms with Crippen molar-refractivity contribution in [3.63, 3.8) is 0 Å². The number of hydrogen-bond donors (Lipinski definition) is 0. The fourth-order valence-corrected chi connectivity index (χ4v) is 2.83. The van der Waals surface area contributed by atoms with Crippen molar-refractivity contribution < 1.29 is 14.4 Å². The molecule has 2 rings (SSSR count). The van der Waals surface area contributed by atoms with E-state index in [0.29, 0.717) is 11.3 Å². The summed E-state index contributed by atoms with van der Waals surface area (Å²) in [7, 11) is 0. The molecule has 1 aromatic rings. The van der Waals surface area contributed by atoms with Crippen LogP contribution in [-0.4, -0.2) is 42.1 Å². The quantitative estimate of drug-likeness (QED) is 0.802. The molecular formula is C18H24N2O3. The van der Waals surface area contributed by atoms with Crippen LogP contribution in [0.25, 0.3) is 0 Å². The molecule has 0 saturated carbocycles. The molecule has 1 fully saturated rings. The summed E-state index contributed by atoms with van der Waals surface area (Å²) in [4.78, 5) is 39.3. The van der Waals surface area contributed by atoms with E-state index in [1.54, 1.807) is 24.3 Å². The van der Waals surface area contributed by atoms with Crippen molar-refractivity contribution in [3.05, 3.63) is 29.8 Å². The molecule has 0 aliphatic carbocycles. The van der Waals surface area contributed by atoms with Crippen LogP contribution in [0.5, 0.6) is 0 Å². The largest absolute Gasteiger partial charge is 0.341 e. The van der Waals surface area contributed by atoms with Crippen molar-refractivity contribution in [2.45, 2.75) is 39.5 Å². The van der Waals surface area contributed by atoms with Crippen LogP contribution >= 0.6 is 0 Å². The molecule has 5 heteroatoms. The number of Topliss-reactive ketones (excluding diaryl/α,β-unsaturated/α-hetero) is 1. The molecule has 0 atom stereocenters. The molecule has 0 radical (unpaired) electrons. The van der Waals surface area contributed by atoms with Gasteiger partial charge in [0.15, 0.2) is 5.78 Å². The number of carbonyl (C=O) groups is 3. The number of carbonyl (C=O) groups excluding carboxylic acids is 3. The molecular weight excluding hydrogens is 292 g/mol. The van der Waals surface area contributed by atoms with E-state index in [2.05, 4.69) is 0 Å². The highest BCUT2D eigenvalue weighted by atomic mass is 16.2. The van der Waals surface area contributed by atoms with E-state index >= 15 is 0 Å². The van der Waals surface area contributed by atoms with Gasteiger partial charge in [-0.3, -0.25) is 14.4 Å². The van der Waals surface area contributed by atoms with Crippen LogP contribution in [0.1, 0.15) is 49.9 Å². The highest BCUT2D eigenvalue weighted by Gasteiger charge is 2.21. The van der Waals surface area contributed by atoms with Crippen LogP contribution in [0.2, 0.25) is 0 Å². The Hall–Kier alpha value is -2.17. The summed E-state index contributed by atoms with van der Waals surface area (Å²) in [5, 5.41) is 0. The van der Waals surface area contributed by atoms with Crippen molar-refractivity contribution in [2.75, 3.05) is 24.5 Å². The zero-order valence-electron chi connectivity index (χ0n) is 13.9. The average molecular weight is 316 g/mol. The monoisotopic (exact) mass is 316 g/mol. The number of anilines is 1. The summed E-state index contributed by atoms with van der Waals surface area (Å²) in [6, 6.07) is 6.86. The van der Waals surface area contributed by atoms with Crippen LogP contribution < -0.4 is 4.90 Å². The van der Waals surface area contributed by atoms with E-state index in [4.69, 9.17) is 0 Å². The second-order valence-corrected chi connectivity index (χ2v) is 6.01. The molecule has 1 aliphatic rings. The molecule has 5 nitrogen and oxygen atoms in total. The van der Waals surface area contributed by atoms with Gasteiger partial charge in [-0.15, -0.1) is 0 Å². The van der Waals surface area contributed by atoms with E-state index in [-0.39, 0.29) is 24.1 Å². The van der Waals surface area contributed by atoms with Crippen molar-refractivity contribution in [1.82, 2.24) is 4.90 Å². The number of likely N-dealkylation sites (tertiary alicyclic amines) is 1. The van der Waals surface area contributed by atoms with Gasteiger partial charge in [-0.1, -0.05) is 25.0 Å². The maximum absolute atomic E-state index is 12.5. The number of nitrogens with zero attached hydrogens (tertiary/aromatic N) is 2. The molecule has 23 heavy (non-hydrogen) atoms. The minimum Gasteiger partial charge on any atom is -0.341 e. The van der Waals surface area contributed by atoms with Gasteiger partial charge in [0.2, 0.25) is 11.8 Å². The fraction of sp³-hybridized carbons (Fsp3) is 0.500. The minimum atomic E-state index is -0.200. The molecule has 2 amide bonds. The average Bonchev–Trinajstić information content (AvgIpc) is 2.81. The lowest BCUT2D eigenvalue weighted by Gasteiger charge is -2.26. The standard InChI is InChI=1S/C18H24N2O3/c1-14(21)16-8-7-9-17(12-16)20(15(2)22)13-18(23)19-10-5-3-4-6-11-19/h7-9,12H,3-6,10-11,13H2,1-2H3. The Bertz CT molecular complexity index is 590. The Kier molecular flexibility index (Phi) is 5.90. The summed E-state index contributed by atoms with van der Waals surface area (Å²) in [5.41, 5.74) is 1.13. The number of rotatable bonds is 4. The first kappa shape index (κ1) is 17.2. The summed E-state index contributed by atoms with van der Waals surface area (Å²) in [5.74, 6) is -0.293. The van der Waals surface area contributed by atoms with Gasteiger partial charge in [-0.25, -0.2) is 0 Å². The van der Waals surface area contributed by atoms with Gasteiger partial charge in [0.25, 0.3) is 0 Å². The molecule has 0 N–H and O–H groups in total. The maximum Gasteiger partial charge on any atom is 0.242 e. The second-order valence-electron chi connectivity index (χ2n) is 6.01. The normalized spacial score (nSPS) is 15.0. The van der Waals surface area contributed by atoms with E-state index in [1.807, 2.05) is 4.90 Å². The van der Waals surface area contributed by atoms with Crippen molar-refractivity contribution in [2.24, 2.45) is 0 Å². The highest BCUT2D eigenvalue weighted by molar-refractivity contribution is 6.00. The lowest BCUT2D eigenvalue weighted by molar-refractivity contribution is -0.131. The minimum absolute atomic E-state index is 0.0245. The predicted molar refractivity (Wildman–Crippen MR) is 89.5 cm³/mol. The number of benzene rings is 1. The summed E-state index contributed by atoms with van der Waals surface area (Å²) < 4.78 is 0.